The summed E-state index contributed by atoms with van der Waals surface area (Å²) in [5, 5.41) is 10.0. The average molecular weight is 560 g/mol. The van der Waals surface area contributed by atoms with E-state index in [0.717, 1.165) is 6.92 Å². The van der Waals surface area contributed by atoms with Crippen LogP contribution in [0.5, 0.6) is 0 Å². The first-order valence-electron chi connectivity index (χ1n) is 12.4. The lowest BCUT2D eigenvalue weighted by molar-refractivity contribution is -0.258. The van der Waals surface area contributed by atoms with Gasteiger partial charge in [-0.15, -0.1) is 0 Å². The monoisotopic (exact) mass is 559 g/mol. The molecule has 1 heterocycles. The first kappa shape index (κ1) is 29.8. The van der Waals surface area contributed by atoms with E-state index in [1.807, 2.05) is 11.0 Å². The number of hydrogen-bond donors (Lipinski definition) is 1. The van der Waals surface area contributed by atoms with E-state index in [4.69, 9.17) is 12.2 Å². The van der Waals surface area contributed by atoms with E-state index in [0.29, 0.717) is 30.1 Å². The van der Waals surface area contributed by atoms with Crippen LogP contribution in [0.15, 0.2) is 47.4 Å². The molecule has 1 aliphatic carbocycles. The van der Waals surface area contributed by atoms with Crippen molar-refractivity contribution in [1.29, 1.82) is 0 Å². The van der Waals surface area contributed by atoms with Crippen LogP contribution in [-0.2, 0) is 15.6 Å². The fraction of sp³-hybridized carbons (Fsp3) is 0.577. The molecule has 0 amide bonds. The minimum Gasteiger partial charge on any atom is -0.376 e. The molecule has 2 aliphatic rings. The van der Waals surface area contributed by atoms with Gasteiger partial charge in [-0.3, -0.25) is 4.90 Å². The van der Waals surface area contributed by atoms with Crippen molar-refractivity contribution in [3.63, 3.8) is 0 Å². The van der Waals surface area contributed by atoms with E-state index >= 15 is 0 Å². The second-order valence-corrected chi connectivity index (χ2v) is 12.7. The van der Waals surface area contributed by atoms with E-state index in [-0.39, 0.29) is 41.7 Å². The largest absolute Gasteiger partial charge is 0.421 e. The molecule has 0 unspecified atom stereocenters. The van der Waals surface area contributed by atoms with Gasteiger partial charge < -0.3 is 10.0 Å². The minimum absolute atomic E-state index is 0.153. The van der Waals surface area contributed by atoms with Gasteiger partial charge in [0.1, 0.15) is 0 Å². The summed E-state index contributed by atoms with van der Waals surface area (Å²) >= 11 is 5.34. The lowest BCUT2D eigenvalue weighted by Gasteiger charge is -2.45. The first-order valence-corrected chi connectivity index (χ1v) is 14.2. The summed E-state index contributed by atoms with van der Waals surface area (Å²) in [5.74, 6) is 0. The second kappa shape index (κ2) is 11.1. The standard InChI is InChI=1S/C26H36F3N3O3S2/c1-18(2)32(19(3)4)17-22-16-30(37(34,35)24-9-7-6-8-23(24)36)14-15-31(22)21-12-10-20(11-13-21)25(5,33)26(27,28)29/h6-7,9-13,18-19,22,33H,8,14-17H2,1-5H3/t22-,25-/m1/s1. The zero-order chi connectivity index (χ0) is 27.8. The van der Waals surface area contributed by atoms with Crippen molar-refractivity contribution < 1.29 is 26.7 Å². The summed E-state index contributed by atoms with van der Waals surface area (Å²) < 4.78 is 68.5. The minimum atomic E-state index is -4.81. The summed E-state index contributed by atoms with van der Waals surface area (Å²) in [6.07, 6.45) is 0.669. The topological polar surface area (TPSA) is 64.1 Å². The zero-order valence-corrected chi connectivity index (χ0v) is 23.5. The number of benzene rings is 1. The van der Waals surface area contributed by atoms with E-state index in [2.05, 4.69) is 32.6 Å². The molecular formula is C26H36F3N3O3S2. The molecule has 0 aromatic heterocycles. The third-order valence-corrected chi connectivity index (χ3v) is 9.55. The maximum Gasteiger partial charge on any atom is 0.421 e. The Morgan fingerprint density at radius 2 is 1.70 bits per heavy atom. The van der Waals surface area contributed by atoms with E-state index in [1.54, 1.807) is 24.3 Å². The van der Waals surface area contributed by atoms with Gasteiger partial charge in [-0.1, -0.05) is 36.5 Å². The lowest BCUT2D eigenvalue weighted by atomic mass is 9.95. The second-order valence-electron chi connectivity index (χ2n) is 10.3. The molecular weight excluding hydrogens is 523 g/mol. The molecule has 1 aromatic carbocycles. The highest BCUT2D eigenvalue weighted by Crippen LogP contribution is 2.39. The molecule has 1 N–H and O–H groups in total. The summed E-state index contributed by atoms with van der Waals surface area (Å²) in [7, 11) is -3.79. The van der Waals surface area contributed by atoms with Gasteiger partial charge >= 0.3 is 6.18 Å². The molecule has 1 aliphatic heterocycles. The Kier molecular flexibility index (Phi) is 8.96. The van der Waals surface area contributed by atoms with Gasteiger partial charge in [-0.2, -0.15) is 17.5 Å². The molecule has 11 heteroatoms. The van der Waals surface area contributed by atoms with Crippen molar-refractivity contribution >= 4 is 32.8 Å². The number of aliphatic hydroxyl groups is 1. The van der Waals surface area contributed by atoms with Gasteiger partial charge in [0.05, 0.1) is 10.9 Å². The number of rotatable bonds is 8. The Labute approximate surface area is 223 Å². The molecule has 6 nitrogen and oxygen atoms in total. The predicted molar refractivity (Wildman–Crippen MR) is 145 cm³/mol. The molecule has 1 fully saturated rings. The molecule has 206 valence electrons. The summed E-state index contributed by atoms with van der Waals surface area (Å²) in [4.78, 5) is 4.85. The highest BCUT2D eigenvalue weighted by molar-refractivity contribution is 7.96. The first-order chi connectivity index (χ1) is 17.1. The molecule has 0 radical (unpaired) electrons. The number of sulfonamides is 1. The quantitative estimate of drug-likeness (QED) is 0.470. The van der Waals surface area contributed by atoms with Gasteiger partial charge in [0, 0.05) is 55.2 Å². The van der Waals surface area contributed by atoms with Gasteiger partial charge in [-0.25, -0.2) is 8.42 Å². The van der Waals surface area contributed by atoms with Crippen LogP contribution in [0.25, 0.3) is 0 Å². The van der Waals surface area contributed by atoms with Crippen molar-refractivity contribution in [2.24, 2.45) is 0 Å². The van der Waals surface area contributed by atoms with Crippen LogP contribution in [0.1, 0.15) is 46.6 Å². The molecule has 1 aromatic rings. The molecule has 3 rings (SSSR count). The van der Waals surface area contributed by atoms with E-state index < -0.39 is 21.8 Å². The van der Waals surface area contributed by atoms with Gasteiger partial charge in [-0.05, 0) is 58.4 Å². The highest BCUT2D eigenvalue weighted by Gasteiger charge is 2.51. The Hall–Kier alpha value is -1.79. The maximum atomic E-state index is 13.5. The van der Waals surface area contributed by atoms with Crippen molar-refractivity contribution in [2.45, 2.75) is 70.9 Å². The zero-order valence-electron chi connectivity index (χ0n) is 21.9. The summed E-state index contributed by atoms with van der Waals surface area (Å²) in [6, 6.07) is 5.84. The number of thiocarbonyl (C=S) groups is 1. The lowest BCUT2D eigenvalue weighted by Crippen LogP contribution is -2.60. The number of nitrogens with zero attached hydrogens (tertiary/aromatic N) is 3. The molecule has 0 saturated carbocycles. The molecule has 2 atom stereocenters. The number of anilines is 1. The highest BCUT2D eigenvalue weighted by atomic mass is 32.2. The Morgan fingerprint density at radius 1 is 1.11 bits per heavy atom. The van der Waals surface area contributed by atoms with Crippen LogP contribution in [-0.4, -0.2) is 78.1 Å². The fourth-order valence-electron chi connectivity index (χ4n) is 4.84. The third-order valence-electron chi connectivity index (χ3n) is 7.09. The smallest absolute Gasteiger partial charge is 0.376 e. The van der Waals surface area contributed by atoms with Crippen molar-refractivity contribution in [2.75, 3.05) is 31.1 Å². The Balaban J connectivity index is 1.94. The summed E-state index contributed by atoms with van der Waals surface area (Å²) in [5.41, 5.74) is -2.55. The number of piperazine rings is 1. The fourth-order valence-corrected chi connectivity index (χ4v) is 6.91. The number of alkyl halides is 3. The molecule has 1 saturated heterocycles. The average Bonchev–Trinajstić information content (AvgIpc) is 2.81. The molecule has 0 bridgehead atoms. The maximum absolute atomic E-state index is 13.5. The van der Waals surface area contributed by atoms with Gasteiger partial charge in [0.15, 0.2) is 5.60 Å². The summed E-state index contributed by atoms with van der Waals surface area (Å²) in [6.45, 7) is 10.4. The van der Waals surface area contributed by atoms with Crippen molar-refractivity contribution in [3.8, 4) is 0 Å². The Bertz CT molecular complexity index is 1140. The van der Waals surface area contributed by atoms with Crippen LogP contribution < -0.4 is 4.90 Å². The van der Waals surface area contributed by atoms with Crippen LogP contribution in [0.4, 0.5) is 18.9 Å². The van der Waals surface area contributed by atoms with Crippen LogP contribution in [0.3, 0.4) is 0 Å². The van der Waals surface area contributed by atoms with E-state index in [1.165, 1.54) is 16.4 Å². The van der Waals surface area contributed by atoms with Crippen LogP contribution in [0.2, 0.25) is 0 Å². The normalized spacial score (nSPS) is 21.6. The van der Waals surface area contributed by atoms with Crippen LogP contribution >= 0.6 is 12.2 Å². The Morgan fingerprint density at radius 3 is 2.22 bits per heavy atom. The number of allylic oxidation sites excluding steroid dienone is 4. The predicted octanol–water partition coefficient (Wildman–Crippen LogP) is 4.61. The van der Waals surface area contributed by atoms with Crippen molar-refractivity contribution in [1.82, 2.24) is 9.21 Å². The molecule has 37 heavy (non-hydrogen) atoms. The number of hydrogen-bond acceptors (Lipinski definition) is 6. The molecule has 0 spiro atoms. The van der Waals surface area contributed by atoms with Gasteiger partial charge in [0.25, 0.3) is 0 Å². The SMILES string of the molecule is CC(C)N(C[C@H]1CN(S(=O)(=O)C2=CC=CCC2=S)CCN1c1ccc([C@@](C)(O)C(F)(F)F)cc1)C(C)C. The van der Waals surface area contributed by atoms with Gasteiger partial charge in [0.2, 0.25) is 10.0 Å². The van der Waals surface area contributed by atoms with Crippen molar-refractivity contribution in [3.05, 3.63) is 53.0 Å². The van der Waals surface area contributed by atoms with E-state index in [9.17, 15) is 26.7 Å². The van der Waals surface area contributed by atoms with Crippen LogP contribution in [0, 0.1) is 0 Å². The number of halogens is 3. The third kappa shape index (κ3) is 6.27.